The summed E-state index contributed by atoms with van der Waals surface area (Å²) >= 11 is 0. The second-order valence-electron chi connectivity index (χ2n) is 9.23. The van der Waals surface area contributed by atoms with Crippen LogP contribution in [0.15, 0.2) is 138 Å². The van der Waals surface area contributed by atoms with Gasteiger partial charge in [-0.25, -0.2) is 8.42 Å². The largest absolute Gasteiger partial charge is 0.379 e. The number of anilines is 2. The predicted molar refractivity (Wildman–Crippen MR) is 162 cm³/mol. The first kappa shape index (κ1) is 26.5. The highest BCUT2D eigenvalue weighted by Crippen LogP contribution is 2.43. The zero-order chi connectivity index (χ0) is 27.3. The molecule has 39 heavy (non-hydrogen) atoms. The van der Waals surface area contributed by atoms with Crippen molar-refractivity contribution in [2.24, 2.45) is 0 Å². The van der Waals surface area contributed by atoms with E-state index >= 15 is 0 Å². The van der Waals surface area contributed by atoms with Crippen molar-refractivity contribution >= 4 is 44.5 Å². The average molecular weight is 553 g/mol. The number of rotatable bonds is 9. The molecule has 0 saturated carbocycles. The van der Waals surface area contributed by atoms with Crippen molar-refractivity contribution < 1.29 is 13.0 Å². The van der Waals surface area contributed by atoms with Gasteiger partial charge in [0.25, 0.3) is 10.0 Å². The van der Waals surface area contributed by atoms with E-state index in [2.05, 4.69) is 10.0 Å². The first-order valence-corrected chi connectivity index (χ1v) is 15.8. The highest BCUT2D eigenvalue weighted by atomic mass is 32.2. The van der Waals surface area contributed by atoms with E-state index in [4.69, 9.17) is 0 Å². The summed E-state index contributed by atoms with van der Waals surface area (Å²) in [4.78, 5) is 0.194. The van der Waals surface area contributed by atoms with Gasteiger partial charge in [0, 0.05) is 22.5 Å². The van der Waals surface area contributed by atoms with Gasteiger partial charge < -0.3 is 9.88 Å². The third-order valence-corrected chi connectivity index (χ3v) is 11.1. The first-order chi connectivity index (χ1) is 18.9. The Bertz CT molecular complexity index is 1680. The quantitative estimate of drug-likeness (QED) is 0.219. The number of sulfonamides is 1. The van der Waals surface area contributed by atoms with Gasteiger partial charge in [-0.05, 0) is 36.8 Å². The second-order valence-corrected chi connectivity index (χ2v) is 13.6. The van der Waals surface area contributed by atoms with Crippen LogP contribution in [0.5, 0.6) is 0 Å². The lowest BCUT2D eigenvalue weighted by Gasteiger charge is -2.23. The van der Waals surface area contributed by atoms with Crippen LogP contribution in [0, 0.1) is 6.92 Å². The number of para-hydroxylation sites is 2. The number of aryl methyl sites for hydroxylation is 1. The molecule has 0 unspecified atom stereocenters. The minimum absolute atomic E-state index is 0.194. The molecule has 0 aliphatic heterocycles. The van der Waals surface area contributed by atoms with Gasteiger partial charge in [0.15, 0.2) is 7.14 Å². The molecule has 0 aliphatic rings. The van der Waals surface area contributed by atoms with Crippen molar-refractivity contribution in [1.82, 2.24) is 0 Å². The van der Waals surface area contributed by atoms with Gasteiger partial charge in [0.2, 0.25) is 0 Å². The fourth-order valence-corrected chi connectivity index (χ4v) is 8.48. The molecular formula is C32H29N2O3PS. The molecule has 7 heteroatoms. The Hall–Kier alpha value is -4.12. The predicted octanol–water partition coefficient (Wildman–Crippen LogP) is 6.05. The van der Waals surface area contributed by atoms with Crippen LogP contribution >= 0.6 is 7.14 Å². The summed E-state index contributed by atoms with van der Waals surface area (Å²) in [6.07, 6.45) is 0. The molecule has 0 aromatic heterocycles. The summed E-state index contributed by atoms with van der Waals surface area (Å²) in [5.74, 6) is 0. The molecule has 0 saturated heterocycles. The molecule has 0 aliphatic carbocycles. The van der Waals surface area contributed by atoms with E-state index in [-0.39, 0.29) is 4.90 Å². The Labute approximate surface area is 230 Å². The Kier molecular flexibility index (Phi) is 7.69. The summed E-state index contributed by atoms with van der Waals surface area (Å²) in [6, 6.07) is 40.7. The maximum absolute atomic E-state index is 15.0. The Morgan fingerprint density at radius 2 is 1.13 bits per heavy atom. The molecule has 0 fully saturated rings. The highest BCUT2D eigenvalue weighted by Gasteiger charge is 2.31. The van der Waals surface area contributed by atoms with E-state index in [1.165, 1.54) is 0 Å². The average Bonchev–Trinajstić information content (AvgIpc) is 2.97. The highest BCUT2D eigenvalue weighted by molar-refractivity contribution is 7.92. The maximum Gasteiger partial charge on any atom is 0.261 e. The normalized spacial score (nSPS) is 11.6. The molecule has 2 N–H and O–H groups in total. The van der Waals surface area contributed by atoms with E-state index in [1.54, 1.807) is 36.4 Å². The molecule has 0 radical (unpaired) electrons. The Morgan fingerprint density at radius 1 is 0.615 bits per heavy atom. The number of benzene rings is 5. The number of hydrogen-bond donors (Lipinski definition) is 2. The van der Waals surface area contributed by atoms with Crippen LogP contribution in [-0.4, -0.2) is 8.42 Å². The van der Waals surface area contributed by atoms with E-state index < -0.39 is 17.2 Å². The van der Waals surface area contributed by atoms with Crippen molar-refractivity contribution in [1.29, 1.82) is 0 Å². The van der Waals surface area contributed by atoms with Crippen LogP contribution in [0.25, 0.3) is 0 Å². The van der Waals surface area contributed by atoms with Crippen LogP contribution < -0.4 is 26.0 Å². The topological polar surface area (TPSA) is 75.3 Å². The summed E-state index contributed by atoms with van der Waals surface area (Å²) in [5.41, 5.74) is 2.91. The zero-order valence-electron chi connectivity index (χ0n) is 21.5. The first-order valence-electron chi connectivity index (χ1n) is 12.6. The molecule has 5 rings (SSSR count). The van der Waals surface area contributed by atoms with Crippen molar-refractivity contribution in [3.8, 4) is 0 Å². The lowest BCUT2D eigenvalue weighted by atomic mass is 10.2. The van der Waals surface area contributed by atoms with Crippen LogP contribution in [-0.2, 0) is 21.1 Å². The maximum atomic E-state index is 15.0. The van der Waals surface area contributed by atoms with Crippen molar-refractivity contribution in [3.63, 3.8) is 0 Å². The minimum Gasteiger partial charge on any atom is -0.379 e. The summed E-state index contributed by atoms with van der Waals surface area (Å²) < 4.78 is 43.8. The van der Waals surface area contributed by atoms with Gasteiger partial charge >= 0.3 is 0 Å². The summed E-state index contributed by atoms with van der Waals surface area (Å²) in [6.45, 7) is 2.26. The molecule has 0 heterocycles. The monoisotopic (exact) mass is 552 g/mol. The molecule has 5 aromatic rings. The van der Waals surface area contributed by atoms with Gasteiger partial charge in [-0.3, -0.25) is 4.72 Å². The fraction of sp³-hybridized carbons (Fsp3) is 0.0625. The zero-order valence-corrected chi connectivity index (χ0v) is 23.2. The van der Waals surface area contributed by atoms with Crippen LogP contribution in [0.2, 0.25) is 0 Å². The summed E-state index contributed by atoms with van der Waals surface area (Å²) in [7, 11) is -6.95. The molecular weight excluding hydrogens is 523 g/mol. The van der Waals surface area contributed by atoms with E-state index in [9.17, 15) is 13.0 Å². The van der Waals surface area contributed by atoms with Crippen molar-refractivity contribution in [2.45, 2.75) is 18.4 Å². The van der Waals surface area contributed by atoms with Crippen LogP contribution in [0.1, 0.15) is 11.1 Å². The Balaban J connectivity index is 1.48. The van der Waals surface area contributed by atoms with E-state index in [0.29, 0.717) is 17.9 Å². The van der Waals surface area contributed by atoms with Gasteiger partial charge in [-0.2, -0.15) is 0 Å². The number of hydrogen-bond acceptors (Lipinski definition) is 4. The lowest BCUT2D eigenvalue weighted by molar-refractivity contribution is 0.592. The third kappa shape index (κ3) is 5.68. The van der Waals surface area contributed by atoms with E-state index in [1.807, 2.05) is 104 Å². The fourth-order valence-electron chi connectivity index (χ4n) is 4.51. The molecule has 0 amide bonds. The van der Waals surface area contributed by atoms with Gasteiger partial charge in [-0.1, -0.05) is 115 Å². The SMILES string of the molecule is Cc1ccc(S(=O)(=O)Nc2ccccc2NCc2ccccc2P(=O)(c2ccccc2)c2ccccc2)cc1. The number of nitrogens with one attached hydrogen (secondary N) is 2. The van der Waals surface area contributed by atoms with Crippen LogP contribution in [0.3, 0.4) is 0 Å². The molecule has 0 spiro atoms. The van der Waals surface area contributed by atoms with E-state index in [0.717, 1.165) is 27.0 Å². The summed E-state index contributed by atoms with van der Waals surface area (Å²) in [5, 5.41) is 5.64. The molecule has 5 nitrogen and oxygen atoms in total. The van der Waals surface area contributed by atoms with Gasteiger partial charge in [0.1, 0.15) is 0 Å². The van der Waals surface area contributed by atoms with Crippen LogP contribution in [0.4, 0.5) is 11.4 Å². The van der Waals surface area contributed by atoms with Gasteiger partial charge in [-0.15, -0.1) is 0 Å². The minimum atomic E-state index is -3.77. The van der Waals surface area contributed by atoms with Crippen molar-refractivity contribution in [3.05, 3.63) is 145 Å². The lowest BCUT2D eigenvalue weighted by Crippen LogP contribution is -2.28. The smallest absolute Gasteiger partial charge is 0.261 e. The second kappa shape index (κ2) is 11.3. The Morgan fingerprint density at radius 3 is 1.74 bits per heavy atom. The molecule has 5 aromatic carbocycles. The molecule has 196 valence electrons. The van der Waals surface area contributed by atoms with Crippen molar-refractivity contribution in [2.75, 3.05) is 10.0 Å². The molecule has 0 atom stereocenters. The third-order valence-electron chi connectivity index (χ3n) is 6.54. The molecule has 0 bridgehead atoms. The standard InChI is InChI=1S/C32H29N2O3PS/c1-25-20-22-29(23-21-25)39(36,37)34-31-18-10-9-17-30(31)33-24-26-12-8-11-19-32(26)38(35,27-13-4-2-5-14-27)28-15-6-3-7-16-28/h2-23,33-34H,24H2,1H3. The van der Waals surface area contributed by atoms with Gasteiger partial charge in [0.05, 0.1) is 16.3 Å².